The molecule has 1 saturated heterocycles. The lowest BCUT2D eigenvalue weighted by atomic mass is 10.1. The SMILES string of the molecule is O=C(CN1C(=O)[C@@H]2CCCN2c2ncccc21)NCc1ccccc1F. The number of anilines is 2. The standard InChI is InChI=1S/C19H19FN4O2/c20-14-6-2-1-5-13(14)11-22-17(25)12-24-15-7-3-9-21-18(15)23-10-4-8-16(23)19(24)26/h1-3,5-7,9,16H,4,8,10-12H2,(H,22,25)/t16-/m0/s1. The Bertz CT molecular complexity index is 857. The van der Waals surface area contributed by atoms with Gasteiger partial charge in [-0.2, -0.15) is 0 Å². The van der Waals surface area contributed by atoms with Crippen molar-refractivity contribution in [2.75, 3.05) is 22.9 Å². The van der Waals surface area contributed by atoms with Crippen molar-refractivity contribution in [2.24, 2.45) is 0 Å². The first-order valence-electron chi connectivity index (χ1n) is 8.68. The van der Waals surface area contributed by atoms with Gasteiger partial charge in [0.15, 0.2) is 5.82 Å². The first kappa shape index (κ1) is 16.5. The predicted molar refractivity (Wildman–Crippen MR) is 95.2 cm³/mol. The number of amides is 2. The molecular formula is C19H19FN4O2. The van der Waals surface area contributed by atoms with E-state index in [4.69, 9.17) is 0 Å². The second-order valence-electron chi connectivity index (χ2n) is 6.49. The molecule has 2 aromatic rings. The zero-order valence-corrected chi connectivity index (χ0v) is 14.2. The highest BCUT2D eigenvalue weighted by atomic mass is 19.1. The summed E-state index contributed by atoms with van der Waals surface area (Å²) in [4.78, 5) is 33.2. The van der Waals surface area contributed by atoms with Gasteiger partial charge >= 0.3 is 0 Å². The van der Waals surface area contributed by atoms with E-state index in [1.807, 2.05) is 4.90 Å². The normalized spacial score (nSPS) is 18.5. The summed E-state index contributed by atoms with van der Waals surface area (Å²) in [6.07, 6.45) is 3.39. The maximum atomic E-state index is 13.7. The first-order chi connectivity index (χ1) is 12.6. The minimum absolute atomic E-state index is 0.0796. The van der Waals surface area contributed by atoms with Gasteiger partial charge in [0, 0.05) is 24.8 Å². The molecule has 1 atom stereocenters. The molecule has 6 nitrogen and oxygen atoms in total. The van der Waals surface area contributed by atoms with Crippen LogP contribution in [0, 0.1) is 5.82 Å². The summed E-state index contributed by atoms with van der Waals surface area (Å²) in [5, 5.41) is 2.69. The van der Waals surface area contributed by atoms with Gasteiger partial charge < -0.3 is 10.2 Å². The van der Waals surface area contributed by atoms with E-state index in [9.17, 15) is 14.0 Å². The molecule has 0 aliphatic carbocycles. The van der Waals surface area contributed by atoms with Crippen molar-refractivity contribution in [1.82, 2.24) is 10.3 Å². The van der Waals surface area contributed by atoms with Crippen molar-refractivity contribution in [2.45, 2.75) is 25.4 Å². The van der Waals surface area contributed by atoms with Gasteiger partial charge in [-0.05, 0) is 31.0 Å². The monoisotopic (exact) mass is 354 g/mol. The summed E-state index contributed by atoms with van der Waals surface area (Å²) < 4.78 is 13.7. The molecule has 0 radical (unpaired) electrons. The van der Waals surface area contributed by atoms with Crippen LogP contribution in [0.15, 0.2) is 42.6 Å². The molecule has 0 unspecified atom stereocenters. The third-order valence-electron chi connectivity index (χ3n) is 4.87. The van der Waals surface area contributed by atoms with Crippen molar-refractivity contribution in [3.8, 4) is 0 Å². The van der Waals surface area contributed by atoms with Gasteiger partial charge in [-0.25, -0.2) is 9.37 Å². The molecule has 1 aromatic carbocycles. The van der Waals surface area contributed by atoms with E-state index >= 15 is 0 Å². The predicted octanol–water partition coefficient (Wildman–Crippen LogP) is 1.85. The molecule has 3 heterocycles. The maximum absolute atomic E-state index is 13.7. The highest BCUT2D eigenvalue weighted by molar-refractivity contribution is 6.07. The Morgan fingerprint density at radius 3 is 2.96 bits per heavy atom. The van der Waals surface area contributed by atoms with Gasteiger partial charge in [-0.1, -0.05) is 18.2 Å². The number of hydrogen-bond donors (Lipinski definition) is 1. The smallest absolute Gasteiger partial charge is 0.250 e. The van der Waals surface area contributed by atoms with Gasteiger partial charge in [0.05, 0.1) is 5.69 Å². The van der Waals surface area contributed by atoms with Crippen LogP contribution < -0.4 is 15.1 Å². The first-order valence-corrected chi connectivity index (χ1v) is 8.68. The molecule has 0 saturated carbocycles. The second kappa shape index (κ2) is 6.74. The fourth-order valence-corrected chi connectivity index (χ4v) is 3.59. The average molecular weight is 354 g/mol. The molecule has 7 heteroatoms. The number of hydrogen-bond acceptors (Lipinski definition) is 4. The Morgan fingerprint density at radius 1 is 1.27 bits per heavy atom. The largest absolute Gasteiger partial charge is 0.350 e. The second-order valence-corrected chi connectivity index (χ2v) is 6.49. The highest BCUT2D eigenvalue weighted by Gasteiger charge is 2.41. The molecule has 2 aliphatic heterocycles. The van der Waals surface area contributed by atoms with Crippen LogP contribution in [-0.4, -0.2) is 35.9 Å². The Morgan fingerprint density at radius 2 is 2.12 bits per heavy atom. The van der Waals surface area contributed by atoms with Gasteiger partial charge in [-0.3, -0.25) is 14.5 Å². The zero-order chi connectivity index (χ0) is 18.1. The fraction of sp³-hybridized carbons (Fsp3) is 0.316. The topological polar surface area (TPSA) is 65.5 Å². The third-order valence-corrected chi connectivity index (χ3v) is 4.87. The molecule has 0 spiro atoms. The van der Waals surface area contributed by atoms with E-state index in [2.05, 4.69) is 10.3 Å². The van der Waals surface area contributed by atoms with Crippen molar-refractivity contribution in [3.63, 3.8) is 0 Å². The fourth-order valence-electron chi connectivity index (χ4n) is 3.59. The van der Waals surface area contributed by atoms with Crippen LogP contribution in [0.1, 0.15) is 18.4 Å². The quantitative estimate of drug-likeness (QED) is 0.910. The Hall–Kier alpha value is -2.96. The minimum Gasteiger partial charge on any atom is -0.350 e. The lowest BCUT2D eigenvalue weighted by Gasteiger charge is -2.38. The number of carbonyl (C=O) groups is 2. The van der Waals surface area contributed by atoms with Crippen LogP contribution in [0.4, 0.5) is 15.9 Å². The number of aromatic nitrogens is 1. The zero-order valence-electron chi connectivity index (χ0n) is 14.2. The summed E-state index contributed by atoms with van der Waals surface area (Å²) in [6, 6.07) is 9.60. The lowest BCUT2D eigenvalue weighted by molar-refractivity contribution is -0.124. The highest BCUT2D eigenvalue weighted by Crippen LogP contribution is 2.37. The molecule has 4 rings (SSSR count). The van der Waals surface area contributed by atoms with E-state index in [0.717, 1.165) is 25.2 Å². The molecule has 134 valence electrons. The number of pyridine rings is 1. The Kier molecular flexibility index (Phi) is 4.28. The summed E-state index contributed by atoms with van der Waals surface area (Å²) >= 11 is 0. The van der Waals surface area contributed by atoms with Crippen LogP contribution in [0.2, 0.25) is 0 Å². The number of nitrogens with one attached hydrogen (secondary N) is 1. The molecule has 0 bridgehead atoms. The summed E-state index contributed by atoms with van der Waals surface area (Å²) in [7, 11) is 0. The Labute approximate surface area is 150 Å². The van der Waals surface area contributed by atoms with Gasteiger partial charge in [0.2, 0.25) is 11.8 Å². The number of carbonyl (C=O) groups excluding carboxylic acids is 2. The van der Waals surface area contributed by atoms with Gasteiger partial charge in [0.1, 0.15) is 18.4 Å². The number of rotatable bonds is 4. The van der Waals surface area contributed by atoms with E-state index in [1.54, 1.807) is 36.5 Å². The van der Waals surface area contributed by atoms with E-state index in [1.165, 1.54) is 11.0 Å². The molecule has 2 aliphatic rings. The molecule has 2 amide bonds. The molecule has 1 N–H and O–H groups in total. The van der Waals surface area contributed by atoms with Crippen molar-refractivity contribution in [3.05, 3.63) is 54.0 Å². The third kappa shape index (κ3) is 2.89. The summed E-state index contributed by atoms with van der Waals surface area (Å²) in [5.74, 6) is -0.0265. The van der Waals surface area contributed by atoms with Crippen molar-refractivity contribution < 1.29 is 14.0 Å². The molecule has 26 heavy (non-hydrogen) atoms. The molecule has 1 fully saturated rings. The van der Waals surface area contributed by atoms with Crippen molar-refractivity contribution in [1.29, 1.82) is 0 Å². The van der Waals surface area contributed by atoms with Crippen LogP contribution in [-0.2, 0) is 16.1 Å². The number of halogens is 1. The van der Waals surface area contributed by atoms with Crippen molar-refractivity contribution >= 4 is 23.3 Å². The molecular weight excluding hydrogens is 335 g/mol. The Balaban J connectivity index is 1.50. The van der Waals surface area contributed by atoms with Crippen LogP contribution in [0.25, 0.3) is 0 Å². The summed E-state index contributed by atoms with van der Waals surface area (Å²) in [6.45, 7) is 0.785. The van der Waals surface area contributed by atoms with Crippen LogP contribution in [0.3, 0.4) is 0 Å². The van der Waals surface area contributed by atoms with Crippen LogP contribution in [0.5, 0.6) is 0 Å². The number of fused-ring (bicyclic) bond motifs is 3. The molecule has 1 aromatic heterocycles. The summed E-state index contributed by atoms with van der Waals surface area (Å²) in [5.41, 5.74) is 1.06. The van der Waals surface area contributed by atoms with Crippen LogP contribution >= 0.6 is 0 Å². The van der Waals surface area contributed by atoms with E-state index in [0.29, 0.717) is 11.3 Å². The number of nitrogens with zero attached hydrogens (tertiary/aromatic N) is 3. The lowest BCUT2D eigenvalue weighted by Crippen LogP contribution is -2.53. The maximum Gasteiger partial charge on any atom is 0.250 e. The average Bonchev–Trinajstić information content (AvgIpc) is 3.15. The van der Waals surface area contributed by atoms with E-state index in [-0.39, 0.29) is 36.8 Å². The minimum atomic E-state index is -0.363. The van der Waals surface area contributed by atoms with E-state index < -0.39 is 0 Å². The van der Waals surface area contributed by atoms with Gasteiger partial charge in [0.25, 0.3) is 0 Å². The number of benzene rings is 1. The van der Waals surface area contributed by atoms with Gasteiger partial charge in [-0.15, -0.1) is 0 Å².